The molecule has 0 fully saturated rings. The fraction of sp³-hybridized carbons (Fsp3) is 0.250. The van der Waals surface area contributed by atoms with Crippen molar-refractivity contribution in [2.24, 2.45) is 0 Å². The molecule has 8 heteroatoms. The van der Waals surface area contributed by atoms with Crippen molar-refractivity contribution < 1.29 is 23.9 Å². The van der Waals surface area contributed by atoms with Crippen LogP contribution in [0.25, 0.3) is 11.4 Å². The third kappa shape index (κ3) is 4.47. The Kier molecular flexibility index (Phi) is 6.23. The summed E-state index contributed by atoms with van der Waals surface area (Å²) in [6, 6.07) is 14.2. The Labute approximate surface area is 162 Å². The maximum absolute atomic E-state index is 12.4. The van der Waals surface area contributed by atoms with Crippen molar-refractivity contribution in [3.05, 3.63) is 60.0 Å². The van der Waals surface area contributed by atoms with Crippen molar-refractivity contribution in [2.45, 2.75) is 12.5 Å². The first-order valence-electron chi connectivity index (χ1n) is 8.66. The molecule has 2 aromatic carbocycles. The lowest BCUT2D eigenvalue weighted by Gasteiger charge is -2.14. The van der Waals surface area contributed by atoms with Crippen LogP contribution in [-0.4, -0.2) is 48.0 Å². The Balaban J connectivity index is 1.71. The van der Waals surface area contributed by atoms with Gasteiger partial charge in [-0.3, -0.25) is 4.79 Å². The Bertz CT molecular complexity index is 927. The molecule has 1 aromatic heterocycles. The highest BCUT2D eigenvalue weighted by atomic mass is 16.5. The van der Waals surface area contributed by atoms with E-state index in [1.807, 2.05) is 30.3 Å². The van der Waals surface area contributed by atoms with Gasteiger partial charge in [0.1, 0.15) is 0 Å². The zero-order valence-electron chi connectivity index (χ0n) is 15.6. The van der Waals surface area contributed by atoms with Gasteiger partial charge in [-0.05, 0) is 30.2 Å². The summed E-state index contributed by atoms with van der Waals surface area (Å²) >= 11 is 0. The number of hydrogen-bond donors (Lipinski definition) is 2. The molecule has 0 spiro atoms. The van der Waals surface area contributed by atoms with E-state index in [0.717, 1.165) is 5.56 Å². The van der Waals surface area contributed by atoms with Crippen LogP contribution in [0, 0.1) is 0 Å². The van der Waals surface area contributed by atoms with Gasteiger partial charge in [0, 0.05) is 5.56 Å². The zero-order chi connectivity index (χ0) is 19.9. The Hall–Kier alpha value is -3.39. The molecule has 2 N–H and O–H groups in total. The summed E-state index contributed by atoms with van der Waals surface area (Å²) in [6.45, 7) is -0.211. The molecule has 3 rings (SSSR count). The number of carbonyl (C=O) groups excluding carboxylic acids is 1. The van der Waals surface area contributed by atoms with Crippen molar-refractivity contribution in [1.29, 1.82) is 0 Å². The quantitative estimate of drug-likeness (QED) is 0.613. The van der Waals surface area contributed by atoms with Crippen molar-refractivity contribution in [3.63, 3.8) is 0 Å². The van der Waals surface area contributed by atoms with E-state index in [2.05, 4.69) is 15.5 Å². The molecule has 0 saturated carbocycles. The van der Waals surface area contributed by atoms with Crippen LogP contribution in [-0.2, 0) is 6.42 Å². The Morgan fingerprint density at radius 3 is 2.57 bits per heavy atom. The standard InChI is InChI=1S/C20H21N3O5/c1-26-16-9-8-14(11-17(16)27-2)18-22-20(28-23-18)19(25)21-15(12-24)10-13-6-4-3-5-7-13/h3-9,11,15,24H,10,12H2,1-2H3,(H,21,25). The van der Waals surface area contributed by atoms with Crippen LogP contribution < -0.4 is 14.8 Å². The van der Waals surface area contributed by atoms with Gasteiger partial charge in [-0.1, -0.05) is 35.5 Å². The number of nitrogens with zero attached hydrogens (tertiary/aromatic N) is 2. The molecule has 1 heterocycles. The summed E-state index contributed by atoms with van der Waals surface area (Å²) in [6.07, 6.45) is 0.486. The van der Waals surface area contributed by atoms with E-state index >= 15 is 0 Å². The number of amides is 1. The number of rotatable bonds is 8. The molecule has 1 amide bonds. The minimum absolute atomic E-state index is 0.184. The summed E-state index contributed by atoms with van der Waals surface area (Å²) in [5.74, 6) is 0.596. The maximum Gasteiger partial charge on any atom is 0.316 e. The van der Waals surface area contributed by atoms with Crippen molar-refractivity contribution in [3.8, 4) is 22.9 Å². The average Bonchev–Trinajstić information content (AvgIpc) is 3.24. The molecular weight excluding hydrogens is 362 g/mol. The first kappa shape index (κ1) is 19.4. The molecule has 3 aromatic rings. The molecule has 0 saturated heterocycles. The third-order valence-corrected chi connectivity index (χ3v) is 4.14. The van der Waals surface area contributed by atoms with E-state index in [0.29, 0.717) is 23.5 Å². The second-order valence-corrected chi connectivity index (χ2v) is 6.04. The Morgan fingerprint density at radius 1 is 1.14 bits per heavy atom. The van der Waals surface area contributed by atoms with E-state index in [1.54, 1.807) is 25.3 Å². The molecule has 0 radical (unpaired) electrons. The number of aliphatic hydroxyl groups is 1. The molecule has 28 heavy (non-hydrogen) atoms. The molecule has 1 unspecified atom stereocenters. The summed E-state index contributed by atoms with van der Waals surface area (Å²) in [7, 11) is 3.07. The van der Waals surface area contributed by atoms with Gasteiger partial charge >= 0.3 is 11.8 Å². The van der Waals surface area contributed by atoms with Crippen molar-refractivity contribution in [1.82, 2.24) is 15.5 Å². The first-order chi connectivity index (χ1) is 13.6. The molecular formula is C20H21N3O5. The monoisotopic (exact) mass is 383 g/mol. The van der Waals surface area contributed by atoms with Gasteiger partial charge in [-0.25, -0.2) is 0 Å². The zero-order valence-corrected chi connectivity index (χ0v) is 15.6. The number of aromatic nitrogens is 2. The number of aliphatic hydroxyl groups excluding tert-OH is 1. The molecule has 0 bridgehead atoms. The number of benzene rings is 2. The van der Waals surface area contributed by atoms with Crippen LogP contribution in [0.3, 0.4) is 0 Å². The fourth-order valence-electron chi connectivity index (χ4n) is 2.72. The SMILES string of the molecule is COc1ccc(-c2noc(C(=O)NC(CO)Cc3ccccc3)n2)cc1OC. The topological polar surface area (TPSA) is 107 Å². The van der Waals surface area contributed by atoms with Crippen molar-refractivity contribution >= 4 is 5.91 Å². The highest BCUT2D eigenvalue weighted by Gasteiger charge is 2.20. The van der Waals surface area contributed by atoms with Crippen molar-refractivity contribution in [2.75, 3.05) is 20.8 Å². The van der Waals surface area contributed by atoms with E-state index < -0.39 is 11.9 Å². The normalized spacial score (nSPS) is 11.7. The summed E-state index contributed by atoms with van der Waals surface area (Å²) in [4.78, 5) is 16.5. The van der Waals surface area contributed by atoms with Crippen LogP contribution in [0.1, 0.15) is 16.2 Å². The minimum atomic E-state index is -0.547. The summed E-state index contributed by atoms with van der Waals surface area (Å²) in [5, 5.41) is 16.1. The molecule has 146 valence electrons. The fourth-order valence-corrected chi connectivity index (χ4v) is 2.72. The Morgan fingerprint density at radius 2 is 1.89 bits per heavy atom. The first-order valence-corrected chi connectivity index (χ1v) is 8.66. The van der Waals surface area contributed by atoms with Gasteiger partial charge in [-0.2, -0.15) is 4.98 Å². The summed E-state index contributed by atoms with van der Waals surface area (Å²) < 4.78 is 15.5. The number of nitrogens with one attached hydrogen (secondary N) is 1. The van der Waals surface area contributed by atoms with Gasteiger partial charge in [0.05, 0.1) is 26.9 Å². The van der Waals surface area contributed by atoms with Crippen LogP contribution in [0.4, 0.5) is 0 Å². The van der Waals surface area contributed by atoms with Gasteiger partial charge in [0.25, 0.3) is 0 Å². The molecule has 1 atom stereocenters. The molecule has 0 aliphatic rings. The molecule has 0 aliphatic heterocycles. The lowest BCUT2D eigenvalue weighted by atomic mass is 10.1. The third-order valence-electron chi connectivity index (χ3n) is 4.14. The number of hydrogen-bond acceptors (Lipinski definition) is 7. The highest BCUT2D eigenvalue weighted by molar-refractivity contribution is 5.90. The van der Waals surface area contributed by atoms with Gasteiger partial charge < -0.3 is 24.4 Å². The minimum Gasteiger partial charge on any atom is -0.493 e. The van der Waals surface area contributed by atoms with Crippen LogP contribution in [0.2, 0.25) is 0 Å². The van der Waals surface area contributed by atoms with E-state index in [4.69, 9.17) is 14.0 Å². The van der Waals surface area contributed by atoms with Crippen LogP contribution in [0.15, 0.2) is 53.1 Å². The highest BCUT2D eigenvalue weighted by Crippen LogP contribution is 2.31. The smallest absolute Gasteiger partial charge is 0.316 e. The molecule has 0 aliphatic carbocycles. The van der Waals surface area contributed by atoms with E-state index in [1.165, 1.54) is 7.11 Å². The van der Waals surface area contributed by atoms with E-state index in [-0.39, 0.29) is 18.3 Å². The number of ether oxygens (including phenoxy) is 2. The lowest BCUT2D eigenvalue weighted by molar-refractivity contribution is 0.0872. The predicted molar refractivity (Wildman–Crippen MR) is 101 cm³/mol. The second kappa shape index (κ2) is 9.01. The van der Waals surface area contributed by atoms with E-state index in [9.17, 15) is 9.90 Å². The predicted octanol–water partition coefficient (Wildman–Crippen LogP) is 2.09. The lowest BCUT2D eigenvalue weighted by Crippen LogP contribution is -2.39. The average molecular weight is 383 g/mol. The maximum atomic E-state index is 12.4. The largest absolute Gasteiger partial charge is 0.493 e. The van der Waals surface area contributed by atoms with Crippen LogP contribution in [0.5, 0.6) is 11.5 Å². The van der Waals surface area contributed by atoms with Gasteiger partial charge in [0.15, 0.2) is 11.5 Å². The second-order valence-electron chi connectivity index (χ2n) is 6.04. The van der Waals surface area contributed by atoms with Gasteiger partial charge in [0.2, 0.25) is 5.82 Å². The number of methoxy groups -OCH3 is 2. The van der Waals surface area contributed by atoms with Crippen LogP contribution >= 0.6 is 0 Å². The molecule has 8 nitrogen and oxygen atoms in total. The number of carbonyl (C=O) groups is 1. The summed E-state index contributed by atoms with van der Waals surface area (Å²) in [5.41, 5.74) is 1.61. The van der Waals surface area contributed by atoms with Gasteiger partial charge in [-0.15, -0.1) is 0 Å².